The number of anilines is 3. The van der Waals surface area contributed by atoms with E-state index in [1.807, 2.05) is 0 Å². The summed E-state index contributed by atoms with van der Waals surface area (Å²) in [4.78, 5) is 2.43. The van der Waals surface area contributed by atoms with E-state index >= 15 is 0 Å². The van der Waals surface area contributed by atoms with Crippen LogP contribution in [-0.2, 0) is 10.8 Å². The Morgan fingerprint density at radius 2 is 0.841 bits per heavy atom. The Balaban J connectivity index is 0.987. The quantitative estimate of drug-likeness (QED) is 0.168. The van der Waals surface area contributed by atoms with Crippen molar-refractivity contribution in [3.8, 4) is 55.6 Å². The molecule has 1 nitrogen and oxygen atoms in total. The first-order chi connectivity index (χ1) is 31.0. The summed E-state index contributed by atoms with van der Waals surface area (Å²) in [6.07, 6.45) is 0. The smallest absolute Gasteiger partial charge is 0.0731 e. The van der Waals surface area contributed by atoms with Crippen LogP contribution < -0.4 is 4.90 Å². The molecule has 63 heavy (non-hydrogen) atoms. The van der Waals surface area contributed by atoms with Crippen LogP contribution in [0.5, 0.6) is 0 Å². The van der Waals surface area contributed by atoms with Gasteiger partial charge in [0, 0.05) is 22.5 Å². The van der Waals surface area contributed by atoms with E-state index in [-0.39, 0.29) is 5.41 Å². The van der Waals surface area contributed by atoms with Crippen LogP contribution in [0, 0.1) is 0 Å². The summed E-state index contributed by atoms with van der Waals surface area (Å²) >= 11 is 0. The van der Waals surface area contributed by atoms with Crippen molar-refractivity contribution in [2.45, 2.75) is 24.7 Å². The summed E-state index contributed by atoms with van der Waals surface area (Å²) in [5, 5.41) is 2.58. The number of benzene rings is 10. The highest BCUT2D eigenvalue weighted by Gasteiger charge is 2.53. The van der Waals surface area contributed by atoms with E-state index in [0.29, 0.717) is 0 Å². The van der Waals surface area contributed by atoms with Gasteiger partial charge in [0.05, 0.1) is 5.41 Å². The molecule has 10 aromatic carbocycles. The lowest BCUT2D eigenvalue weighted by Gasteiger charge is -2.32. The van der Waals surface area contributed by atoms with Gasteiger partial charge in [0.1, 0.15) is 0 Å². The molecule has 0 radical (unpaired) electrons. The minimum atomic E-state index is -0.460. The average molecular weight is 802 g/mol. The third-order valence-electron chi connectivity index (χ3n) is 14.5. The molecule has 0 bridgehead atoms. The van der Waals surface area contributed by atoms with Gasteiger partial charge in [0.25, 0.3) is 0 Å². The van der Waals surface area contributed by atoms with Crippen LogP contribution in [0.3, 0.4) is 0 Å². The van der Waals surface area contributed by atoms with Gasteiger partial charge in [0.15, 0.2) is 0 Å². The predicted molar refractivity (Wildman–Crippen MR) is 263 cm³/mol. The van der Waals surface area contributed by atoms with E-state index in [9.17, 15) is 0 Å². The predicted octanol–water partition coefficient (Wildman–Crippen LogP) is 16.3. The second-order valence-electron chi connectivity index (χ2n) is 18.0. The molecule has 296 valence electrons. The molecule has 3 aliphatic rings. The Morgan fingerprint density at radius 1 is 0.317 bits per heavy atom. The van der Waals surface area contributed by atoms with Crippen molar-refractivity contribution in [3.63, 3.8) is 0 Å². The minimum absolute atomic E-state index is 0.111. The standard InChI is InChI=1S/C62H43N/c1-61(2)54-24-11-8-19-49(54)51-37-36-46(39-58(51)61)63(44-32-27-41(28-33-44)40-15-4-3-5-16-40)45-34-29-43(30-35-45)48-22-14-23-52-50-20-9-12-25-55(50)62(60(48)52)56-26-13-10-21-53(56)59-47-18-7-6-17-42(47)31-38-57(59)62/h3-39H,1-2H3. The van der Waals surface area contributed by atoms with Crippen LogP contribution in [0.15, 0.2) is 224 Å². The number of rotatable bonds is 5. The van der Waals surface area contributed by atoms with E-state index in [1.54, 1.807) is 0 Å². The third kappa shape index (κ3) is 4.99. The molecular formula is C62H43N. The van der Waals surface area contributed by atoms with Crippen LogP contribution >= 0.6 is 0 Å². The fourth-order valence-corrected chi connectivity index (χ4v) is 11.7. The molecule has 0 aliphatic heterocycles. The summed E-state index contributed by atoms with van der Waals surface area (Å²) in [6.45, 7) is 4.73. The lowest BCUT2D eigenvalue weighted by atomic mass is 9.68. The topological polar surface area (TPSA) is 3.24 Å². The molecule has 0 N–H and O–H groups in total. The van der Waals surface area contributed by atoms with E-state index < -0.39 is 5.41 Å². The Morgan fingerprint density at radius 3 is 1.59 bits per heavy atom. The molecule has 1 heteroatoms. The molecule has 0 amide bonds. The maximum atomic E-state index is 2.43. The third-order valence-corrected chi connectivity index (χ3v) is 14.5. The lowest BCUT2D eigenvalue weighted by molar-refractivity contribution is 0.660. The van der Waals surface area contributed by atoms with Crippen LogP contribution in [-0.4, -0.2) is 0 Å². The second kappa shape index (κ2) is 13.4. The Bertz CT molecular complexity index is 3470. The molecule has 0 heterocycles. The number of hydrogen-bond acceptors (Lipinski definition) is 1. The summed E-state index contributed by atoms with van der Waals surface area (Å²) in [5.74, 6) is 0. The number of nitrogens with zero attached hydrogens (tertiary/aromatic N) is 1. The maximum absolute atomic E-state index is 2.43. The van der Waals surface area contributed by atoms with Gasteiger partial charge in [-0.15, -0.1) is 0 Å². The van der Waals surface area contributed by atoms with Gasteiger partial charge in [-0.05, 0) is 136 Å². The van der Waals surface area contributed by atoms with Crippen LogP contribution in [0.4, 0.5) is 17.1 Å². The first kappa shape index (κ1) is 36.0. The van der Waals surface area contributed by atoms with Gasteiger partial charge in [-0.25, -0.2) is 0 Å². The lowest BCUT2D eigenvalue weighted by Crippen LogP contribution is -2.26. The molecule has 0 saturated carbocycles. The van der Waals surface area contributed by atoms with Crippen molar-refractivity contribution < 1.29 is 0 Å². The first-order valence-electron chi connectivity index (χ1n) is 22.2. The molecule has 0 fully saturated rings. The molecule has 1 unspecified atom stereocenters. The van der Waals surface area contributed by atoms with Crippen molar-refractivity contribution >= 4 is 27.8 Å². The highest BCUT2D eigenvalue weighted by molar-refractivity contribution is 6.07. The van der Waals surface area contributed by atoms with Gasteiger partial charge >= 0.3 is 0 Å². The fourth-order valence-electron chi connectivity index (χ4n) is 11.7. The summed E-state index contributed by atoms with van der Waals surface area (Å²) < 4.78 is 0. The van der Waals surface area contributed by atoms with Gasteiger partial charge in [-0.1, -0.05) is 202 Å². The van der Waals surface area contributed by atoms with E-state index in [0.717, 1.165) is 17.1 Å². The maximum Gasteiger partial charge on any atom is 0.0731 e. The Labute approximate surface area is 369 Å². The van der Waals surface area contributed by atoms with Crippen molar-refractivity contribution in [2.24, 2.45) is 0 Å². The molecule has 13 rings (SSSR count). The molecule has 3 aliphatic carbocycles. The van der Waals surface area contributed by atoms with Gasteiger partial charge < -0.3 is 4.90 Å². The van der Waals surface area contributed by atoms with E-state index in [4.69, 9.17) is 0 Å². The van der Waals surface area contributed by atoms with Crippen molar-refractivity contribution in [2.75, 3.05) is 4.90 Å². The zero-order chi connectivity index (χ0) is 41.9. The van der Waals surface area contributed by atoms with Crippen molar-refractivity contribution in [1.82, 2.24) is 0 Å². The van der Waals surface area contributed by atoms with E-state index in [2.05, 4.69) is 243 Å². The normalized spacial score (nSPS) is 15.7. The summed E-state index contributed by atoms with van der Waals surface area (Å²) in [6, 6.07) is 83.9. The molecule has 0 aromatic heterocycles. The van der Waals surface area contributed by atoms with Crippen LogP contribution in [0.25, 0.3) is 66.4 Å². The van der Waals surface area contributed by atoms with Crippen molar-refractivity contribution in [3.05, 3.63) is 258 Å². The zero-order valence-electron chi connectivity index (χ0n) is 35.3. The molecule has 10 aromatic rings. The zero-order valence-corrected chi connectivity index (χ0v) is 35.3. The largest absolute Gasteiger partial charge is 0.310 e. The number of hydrogen-bond donors (Lipinski definition) is 0. The Hall–Kier alpha value is -7.74. The highest BCUT2D eigenvalue weighted by atomic mass is 15.1. The highest BCUT2D eigenvalue weighted by Crippen LogP contribution is 2.65. The van der Waals surface area contributed by atoms with E-state index in [1.165, 1.54) is 99.8 Å². The molecular weight excluding hydrogens is 759 g/mol. The molecule has 0 saturated heterocycles. The fraction of sp³-hybridized carbons (Fsp3) is 0.0645. The first-order valence-corrected chi connectivity index (χ1v) is 22.2. The summed E-state index contributed by atoms with van der Waals surface area (Å²) in [7, 11) is 0. The molecule has 1 atom stereocenters. The molecule has 1 spiro atoms. The SMILES string of the molecule is CC1(C)c2ccccc2-c2ccc(N(c3ccc(-c4ccccc4)cc3)c3ccc(-c4cccc5c4C4(c6ccccc6-5)c5ccccc5-c5c4ccc4ccccc54)cc3)cc21. The Kier molecular flexibility index (Phi) is 7.64. The average Bonchev–Trinajstić information content (AvgIpc) is 3.91. The minimum Gasteiger partial charge on any atom is -0.310 e. The van der Waals surface area contributed by atoms with Crippen LogP contribution in [0.1, 0.15) is 47.2 Å². The monoisotopic (exact) mass is 801 g/mol. The van der Waals surface area contributed by atoms with Crippen LogP contribution in [0.2, 0.25) is 0 Å². The van der Waals surface area contributed by atoms with Gasteiger partial charge in [0.2, 0.25) is 0 Å². The second-order valence-corrected chi connectivity index (χ2v) is 18.0. The summed E-state index contributed by atoms with van der Waals surface area (Å²) in [5.41, 5.74) is 23.9. The van der Waals surface area contributed by atoms with Gasteiger partial charge in [-0.2, -0.15) is 0 Å². The van der Waals surface area contributed by atoms with Crippen molar-refractivity contribution in [1.29, 1.82) is 0 Å². The number of fused-ring (bicyclic) bond motifs is 15. The van der Waals surface area contributed by atoms with Gasteiger partial charge in [-0.3, -0.25) is 0 Å².